The molecule has 0 saturated carbocycles. The molecule has 4 heteroatoms. The predicted octanol–water partition coefficient (Wildman–Crippen LogP) is 2.61. The Hall–Kier alpha value is -0.770. The van der Waals surface area contributed by atoms with Gasteiger partial charge in [-0.15, -0.1) is 0 Å². The molecule has 0 radical (unpaired) electrons. The van der Waals surface area contributed by atoms with Gasteiger partial charge in [0.2, 0.25) is 0 Å². The first-order valence-corrected chi connectivity index (χ1v) is 4.05. The van der Waals surface area contributed by atoms with Crippen molar-refractivity contribution in [1.82, 2.24) is 0 Å². The van der Waals surface area contributed by atoms with Gasteiger partial charge < -0.3 is 9.47 Å². The van der Waals surface area contributed by atoms with Crippen LogP contribution in [0.2, 0.25) is 0 Å². The lowest BCUT2D eigenvalue weighted by Gasteiger charge is -2.06. The van der Waals surface area contributed by atoms with Gasteiger partial charge in [-0.25, -0.2) is 4.39 Å². The van der Waals surface area contributed by atoms with E-state index >= 15 is 0 Å². The Kier molecular flexibility index (Phi) is 2.92. The summed E-state index contributed by atoms with van der Waals surface area (Å²) in [5.41, 5.74) is 0. The first kappa shape index (κ1) is 9.32. The molecule has 2 nitrogen and oxygen atoms in total. The third kappa shape index (κ3) is 1.69. The molecule has 0 amide bonds. The molecular weight excluding hydrogens is 226 g/mol. The highest BCUT2D eigenvalue weighted by Gasteiger charge is 2.08. The zero-order valence-electron chi connectivity index (χ0n) is 6.73. The molecular formula is C8H8BrFO2. The van der Waals surface area contributed by atoms with Crippen LogP contribution in [0.25, 0.3) is 0 Å². The summed E-state index contributed by atoms with van der Waals surface area (Å²) in [6.45, 7) is 0. The Bertz CT molecular complexity index is 289. The fourth-order valence-corrected chi connectivity index (χ4v) is 1.23. The molecule has 66 valence electrons. The van der Waals surface area contributed by atoms with Gasteiger partial charge in [-0.1, -0.05) is 0 Å². The van der Waals surface area contributed by atoms with Crippen LogP contribution in [0.4, 0.5) is 4.39 Å². The standard InChI is InChI=1S/C8H8BrFO2/c1-11-5-3-6(9)8(10)7(4-5)12-2/h3-4H,1-2H3/i10-1. The molecule has 0 saturated heterocycles. The van der Waals surface area contributed by atoms with Gasteiger partial charge >= 0.3 is 0 Å². The summed E-state index contributed by atoms with van der Waals surface area (Å²) in [7, 11) is 2.92. The van der Waals surface area contributed by atoms with E-state index in [9.17, 15) is 4.39 Å². The molecule has 12 heavy (non-hydrogen) atoms. The van der Waals surface area contributed by atoms with Crippen LogP contribution in [0.5, 0.6) is 11.5 Å². The van der Waals surface area contributed by atoms with Crippen molar-refractivity contribution in [1.29, 1.82) is 0 Å². The highest BCUT2D eigenvalue weighted by atomic mass is 79.9. The molecule has 1 rings (SSSR count). The first-order chi connectivity index (χ1) is 5.69. The van der Waals surface area contributed by atoms with Crippen molar-refractivity contribution in [3.8, 4) is 11.5 Å². The van der Waals surface area contributed by atoms with Crippen LogP contribution in [0.3, 0.4) is 0 Å². The van der Waals surface area contributed by atoms with Crippen molar-refractivity contribution < 1.29 is 13.9 Å². The Balaban J connectivity index is 3.19. The summed E-state index contributed by atoms with van der Waals surface area (Å²) in [5.74, 6) is 0.305. The van der Waals surface area contributed by atoms with E-state index in [1.165, 1.54) is 26.4 Å². The van der Waals surface area contributed by atoms with Crippen molar-refractivity contribution in [3.63, 3.8) is 0 Å². The molecule has 0 unspecified atom stereocenters. The Morgan fingerprint density at radius 2 is 1.92 bits per heavy atom. The van der Waals surface area contributed by atoms with Gasteiger partial charge in [0.25, 0.3) is 0 Å². The highest BCUT2D eigenvalue weighted by molar-refractivity contribution is 9.10. The number of benzene rings is 1. The van der Waals surface area contributed by atoms with Crippen LogP contribution in [0.1, 0.15) is 0 Å². The minimum Gasteiger partial charge on any atom is -0.497 e. The van der Waals surface area contributed by atoms with Crippen LogP contribution < -0.4 is 9.47 Å². The zero-order valence-corrected chi connectivity index (χ0v) is 8.31. The number of hydrogen-bond donors (Lipinski definition) is 0. The lowest BCUT2D eigenvalue weighted by atomic mass is 10.3. The molecule has 1 aromatic rings. The SMILES string of the molecule is COc1cc(Br)c([18F])c(OC)c1. The van der Waals surface area contributed by atoms with Crippen LogP contribution in [0, 0.1) is 5.82 Å². The summed E-state index contributed by atoms with van der Waals surface area (Å²) in [4.78, 5) is 0. The van der Waals surface area contributed by atoms with E-state index in [0.717, 1.165) is 0 Å². The van der Waals surface area contributed by atoms with E-state index in [2.05, 4.69) is 15.9 Å². The molecule has 0 aliphatic rings. The Morgan fingerprint density at radius 1 is 1.25 bits per heavy atom. The van der Waals surface area contributed by atoms with E-state index in [-0.39, 0.29) is 5.75 Å². The van der Waals surface area contributed by atoms with Crippen molar-refractivity contribution in [2.75, 3.05) is 14.2 Å². The van der Waals surface area contributed by atoms with Gasteiger partial charge in [0.05, 0.1) is 18.7 Å². The van der Waals surface area contributed by atoms with Crippen molar-refractivity contribution >= 4 is 15.9 Å². The lowest BCUT2D eigenvalue weighted by molar-refractivity contribution is 0.372. The molecule has 0 aliphatic carbocycles. The third-order valence-corrected chi connectivity index (χ3v) is 2.00. The second-order valence-electron chi connectivity index (χ2n) is 2.13. The number of hydrogen-bond acceptors (Lipinski definition) is 2. The topological polar surface area (TPSA) is 18.5 Å². The third-order valence-electron chi connectivity index (χ3n) is 1.42. The smallest absolute Gasteiger partial charge is 0.179 e. The number of rotatable bonds is 2. The second-order valence-corrected chi connectivity index (χ2v) is 2.98. The largest absolute Gasteiger partial charge is 0.497 e. The summed E-state index contributed by atoms with van der Waals surface area (Å²) in [6, 6.07) is 3.03. The summed E-state index contributed by atoms with van der Waals surface area (Å²) in [6.07, 6.45) is 0. The lowest BCUT2D eigenvalue weighted by Crippen LogP contribution is -1.91. The number of halogens is 2. The van der Waals surface area contributed by atoms with E-state index in [1.807, 2.05) is 0 Å². The van der Waals surface area contributed by atoms with E-state index in [1.54, 1.807) is 0 Å². The van der Waals surface area contributed by atoms with Crippen molar-refractivity contribution in [3.05, 3.63) is 22.4 Å². The number of ether oxygens (including phenoxy) is 2. The van der Waals surface area contributed by atoms with Crippen LogP contribution in [-0.2, 0) is 0 Å². The minimum atomic E-state index is -0.418. The van der Waals surface area contributed by atoms with Gasteiger partial charge in [-0.05, 0) is 22.0 Å². The van der Waals surface area contributed by atoms with Gasteiger partial charge in [0, 0.05) is 6.07 Å². The summed E-state index contributed by atoms with van der Waals surface area (Å²) < 4.78 is 23.1. The van der Waals surface area contributed by atoms with Gasteiger partial charge in [-0.3, -0.25) is 0 Å². The average Bonchev–Trinajstić information content (AvgIpc) is 2.09. The fourth-order valence-electron chi connectivity index (χ4n) is 0.807. The van der Waals surface area contributed by atoms with E-state index in [4.69, 9.17) is 9.47 Å². The Labute approximate surface area is 78.4 Å². The minimum absolute atomic E-state index is 0.168. The molecule has 1 aromatic carbocycles. The van der Waals surface area contributed by atoms with Crippen LogP contribution in [-0.4, -0.2) is 14.2 Å². The van der Waals surface area contributed by atoms with Crippen molar-refractivity contribution in [2.45, 2.75) is 0 Å². The van der Waals surface area contributed by atoms with Gasteiger partial charge in [-0.2, -0.15) is 0 Å². The monoisotopic (exact) mass is 233 g/mol. The maximum absolute atomic E-state index is 13.1. The van der Waals surface area contributed by atoms with E-state index < -0.39 is 5.82 Å². The molecule has 0 fully saturated rings. The van der Waals surface area contributed by atoms with Gasteiger partial charge in [0.1, 0.15) is 5.75 Å². The molecule has 0 aliphatic heterocycles. The molecule has 0 atom stereocenters. The van der Waals surface area contributed by atoms with Gasteiger partial charge in [0.15, 0.2) is 11.6 Å². The first-order valence-electron chi connectivity index (χ1n) is 3.26. The summed E-state index contributed by atoms with van der Waals surface area (Å²) in [5, 5.41) is 0. The van der Waals surface area contributed by atoms with Crippen LogP contribution in [0.15, 0.2) is 16.6 Å². The average molecular weight is 234 g/mol. The summed E-state index contributed by atoms with van der Waals surface area (Å²) >= 11 is 3.04. The molecule has 0 heterocycles. The second kappa shape index (κ2) is 3.76. The van der Waals surface area contributed by atoms with Crippen molar-refractivity contribution in [2.24, 2.45) is 0 Å². The van der Waals surface area contributed by atoms with Crippen LogP contribution >= 0.6 is 15.9 Å². The maximum atomic E-state index is 13.1. The zero-order chi connectivity index (χ0) is 9.14. The molecule has 0 bridgehead atoms. The fraction of sp³-hybridized carbons (Fsp3) is 0.250. The Morgan fingerprint density at radius 3 is 2.42 bits per heavy atom. The normalized spacial score (nSPS) is 9.67. The number of methoxy groups -OCH3 is 2. The predicted molar refractivity (Wildman–Crippen MR) is 47.2 cm³/mol. The highest BCUT2D eigenvalue weighted by Crippen LogP contribution is 2.30. The van der Waals surface area contributed by atoms with E-state index in [0.29, 0.717) is 10.2 Å². The molecule has 0 N–H and O–H groups in total. The molecule has 0 spiro atoms. The quantitative estimate of drug-likeness (QED) is 0.782. The molecule has 0 aromatic heterocycles. The maximum Gasteiger partial charge on any atom is 0.179 e.